The molecule has 21 heavy (non-hydrogen) atoms. The summed E-state index contributed by atoms with van der Waals surface area (Å²) in [6.45, 7) is 8.33. The monoisotopic (exact) mass is 291 g/mol. The molecule has 1 unspecified atom stereocenters. The summed E-state index contributed by atoms with van der Waals surface area (Å²) in [7, 11) is 0. The number of nitrogens with two attached hydrogens (primary N) is 1. The van der Waals surface area contributed by atoms with Crippen molar-refractivity contribution < 1.29 is 9.53 Å². The minimum absolute atomic E-state index is 0.0281. The number of amides is 1. The molecule has 2 heterocycles. The zero-order chi connectivity index (χ0) is 15.6. The maximum atomic E-state index is 12.4. The number of piperidine rings is 1. The summed E-state index contributed by atoms with van der Waals surface area (Å²) >= 11 is 0. The number of hydrogen-bond donors (Lipinski definition) is 1. The van der Waals surface area contributed by atoms with Gasteiger partial charge in [-0.25, -0.2) is 9.78 Å². The van der Waals surface area contributed by atoms with E-state index in [4.69, 9.17) is 10.5 Å². The summed E-state index contributed by atoms with van der Waals surface area (Å²) in [5.74, 6) is 0.540. The minimum atomic E-state index is -0.478. The Hall–Kier alpha value is -1.78. The fourth-order valence-corrected chi connectivity index (χ4v) is 2.61. The van der Waals surface area contributed by atoms with Crippen molar-refractivity contribution >= 4 is 11.9 Å². The number of carbonyl (C=O) groups excluding carboxylic acids is 1. The lowest BCUT2D eigenvalue weighted by Gasteiger charge is -2.37. The van der Waals surface area contributed by atoms with Crippen LogP contribution < -0.4 is 5.73 Å². The maximum absolute atomic E-state index is 12.4. The highest BCUT2D eigenvalue weighted by atomic mass is 16.6. The fraction of sp³-hybridized carbons (Fsp3) is 0.625. The number of carbonyl (C=O) groups is 1. The van der Waals surface area contributed by atoms with E-state index in [1.807, 2.05) is 38.7 Å². The first-order valence-corrected chi connectivity index (χ1v) is 7.49. The standard InChI is InChI=1S/C16H25N3O2/c1-11-9-12(10-18-14(11)17)13-7-5-6-8-19(13)15(20)21-16(2,3)4/h9-10,13H,5-8H2,1-4H3,(H2,17,18). The summed E-state index contributed by atoms with van der Waals surface area (Å²) in [6, 6.07) is 2.05. The van der Waals surface area contributed by atoms with E-state index in [0.29, 0.717) is 5.82 Å². The van der Waals surface area contributed by atoms with Gasteiger partial charge in [-0.1, -0.05) is 0 Å². The Balaban J connectivity index is 2.22. The van der Waals surface area contributed by atoms with E-state index in [2.05, 4.69) is 4.98 Å². The highest BCUT2D eigenvalue weighted by Gasteiger charge is 2.31. The number of anilines is 1. The van der Waals surface area contributed by atoms with Crippen molar-refractivity contribution in [2.75, 3.05) is 12.3 Å². The third kappa shape index (κ3) is 3.86. The van der Waals surface area contributed by atoms with Gasteiger partial charge >= 0.3 is 6.09 Å². The van der Waals surface area contributed by atoms with Crippen molar-refractivity contribution in [1.82, 2.24) is 9.88 Å². The number of pyridine rings is 1. The molecular formula is C16H25N3O2. The molecule has 1 fully saturated rings. The number of hydrogen-bond acceptors (Lipinski definition) is 4. The molecule has 2 rings (SSSR count). The van der Waals surface area contributed by atoms with Gasteiger partial charge in [0.05, 0.1) is 6.04 Å². The normalized spacial score (nSPS) is 19.4. The first kappa shape index (κ1) is 15.6. The number of ether oxygens (including phenoxy) is 1. The number of nitrogen functional groups attached to an aromatic ring is 1. The quantitative estimate of drug-likeness (QED) is 0.860. The molecule has 0 spiro atoms. The highest BCUT2D eigenvalue weighted by molar-refractivity contribution is 5.69. The van der Waals surface area contributed by atoms with E-state index in [9.17, 15) is 4.79 Å². The molecule has 1 aliphatic heterocycles. The van der Waals surface area contributed by atoms with E-state index in [1.165, 1.54) is 0 Å². The fourth-order valence-electron chi connectivity index (χ4n) is 2.61. The molecule has 2 N–H and O–H groups in total. The molecule has 1 aliphatic rings. The highest BCUT2D eigenvalue weighted by Crippen LogP contribution is 2.32. The molecular weight excluding hydrogens is 266 g/mol. The van der Waals surface area contributed by atoms with Gasteiger partial charge in [-0.2, -0.15) is 0 Å². The van der Waals surface area contributed by atoms with Gasteiger partial charge in [0.2, 0.25) is 0 Å². The Kier molecular flexibility index (Phi) is 4.40. The molecule has 0 radical (unpaired) electrons. The predicted molar refractivity (Wildman–Crippen MR) is 82.9 cm³/mol. The van der Waals surface area contributed by atoms with Crippen LogP contribution in [0.5, 0.6) is 0 Å². The first-order valence-electron chi connectivity index (χ1n) is 7.49. The van der Waals surface area contributed by atoms with Gasteiger partial charge in [-0.3, -0.25) is 0 Å². The summed E-state index contributed by atoms with van der Waals surface area (Å²) in [6.07, 6.45) is 4.58. The van der Waals surface area contributed by atoms with Crippen LogP contribution in [0.25, 0.3) is 0 Å². The SMILES string of the molecule is Cc1cc(C2CCCCN2C(=O)OC(C)(C)C)cnc1N. The van der Waals surface area contributed by atoms with Gasteiger partial charge in [0, 0.05) is 12.7 Å². The van der Waals surface area contributed by atoms with Crippen LogP contribution in [-0.2, 0) is 4.74 Å². The van der Waals surface area contributed by atoms with Crippen LogP contribution in [0.3, 0.4) is 0 Å². The number of aryl methyl sites for hydroxylation is 1. The van der Waals surface area contributed by atoms with Crippen LogP contribution in [0, 0.1) is 6.92 Å². The first-order chi connectivity index (χ1) is 9.78. The second-order valence-electron chi connectivity index (χ2n) is 6.66. The molecule has 116 valence electrons. The average Bonchev–Trinajstić information content (AvgIpc) is 2.40. The summed E-state index contributed by atoms with van der Waals surface area (Å²) in [4.78, 5) is 18.4. The van der Waals surface area contributed by atoms with Crippen molar-refractivity contribution in [3.8, 4) is 0 Å². The van der Waals surface area contributed by atoms with Crippen LogP contribution >= 0.6 is 0 Å². The number of rotatable bonds is 1. The van der Waals surface area contributed by atoms with Crippen LogP contribution in [0.15, 0.2) is 12.3 Å². The zero-order valence-electron chi connectivity index (χ0n) is 13.3. The van der Waals surface area contributed by atoms with Crippen molar-refractivity contribution in [2.45, 2.75) is 58.6 Å². The van der Waals surface area contributed by atoms with E-state index in [-0.39, 0.29) is 12.1 Å². The predicted octanol–water partition coefficient (Wildman–Crippen LogP) is 3.43. The van der Waals surface area contributed by atoms with Gasteiger partial charge in [0.15, 0.2) is 0 Å². The largest absolute Gasteiger partial charge is 0.444 e. The van der Waals surface area contributed by atoms with Crippen LogP contribution in [-0.4, -0.2) is 28.1 Å². The molecule has 1 atom stereocenters. The Morgan fingerprint density at radius 3 is 2.76 bits per heavy atom. The van der Waals surface area contributed by atoms with E-state index < -0.39 is 5.60 Å². The van der Waals surface area contributed by atoms with Gasteiger partial charge in [-0.15, -0.1) is 0 Å². The third-order valence-electron chi connectivity index (χ3n) is 3.66. The summed E-state index contributed by atoms with van der Waals surface area (Å²) < 4.78 is 5.52. The van der Waals surface area contributed by atoms with Crippen molar-refractivity contribution in [3.05, 3.63) is 23.4 Å². The van der Waals surface area contributed by atoms with Crippen LogP contribution in [0.4, 0.5) is 10.6 Å². The molecule has 0 aromatic carbocycles. The maximum Gasteiger partial charge on any atom is 0.410 e. The third-order valence-corrected chi connectivity index (χ3v) is 3.66. The molecule has 0 saturated carbocycles. The topological polar surface area (TPSA) is 68.5 Å². The van der Waals surface area contributed by atoms with Crippen molar-refractivity contribution in [1.29, 1.82) is 0 Å². The lowest BCUT2D eigenvalue weighted by molar-refractivity contribution is 0.00948. The summed E-state index contributed by atoms with van der Waals surface area (Å²) in [5.41, 5.74) is 7.28. The molecule has 0 bridgehead atoms. The van der Waals surface area contributed by atoms with Crippen LogP contribution in [0.1, 0.15) is 57.2 Å². The molecule has 1 saturated heterocycles. The van der Waals surface area contributed by atoms with Crippen molar-refractivity contribution in [2.24, 2.45) is 0 Å². The van der Waals surface area contributed by atoms with E-state index >= 15 is 0 Å². The second kappa shape index (κ2) is 5.92. The van der Waals surface area contributed by atoms with E-state index in [1.54, 1.807) is 6.20 Å². The molecule has 1 aromatic rings. The Bertz CT molecular complexity index is 523. The Morgan fingerprint density at radius 2 is 2.14 bits per heavy atom. The lowest BCUT2D eigenvalue weighted by atomic mass is 9.96. The second-order valence-corrected chi connectivity index (χ2v) is 6.66. The summed E-state index contributed by atoms with van der Waals surface area (Å²) in [5, 5.41) is 0. The molecule has 0 aliphatic carbocycles. The Morgan fingerprint density at radius 1 is 1.43 bits per heavy atom. The molecule has 5 nitrogen and oxygen atoms in total. The number of aromatic nitrogens is 1. The average molecular weight is 291 g/mol. The molecule has 1 amide bonds. The van der Waals surface area contributed by atoms with Gasteiger partial charge in [0.1, 0.15) is 11.4 Å². The van der Waals surface area contributed by atoms with E-state index in [0.717, 1.165) is 36.9 Å². The van der Waals surface area contributed by atoms with Crippen LogP contribution in [0.2, 0.25) is 0 Å². The number of likely N-dealkylation sites (tertiary alicyclic amines) is 1. The minimum Gasteiger partial charge on any atom is -0.444 e. The molecule has 1 aromatic heterocycles. The number of nitrogens with zero attached hydrogens (tertiary/aromatic N) is 2. The Labute approximate surface area is 126 Å². The lowest BCUT2D eigenvalue weighted by Crippen LogP contribution is -2.41. The smallest absolute Gasteiger partial charge is 0.410 e. The van der Waals surface area contributed by atoms with Gasteiger partial charge in [-0.05, 0) is 64.2 Å². The molecule has 5 heteroatoms. The van der Waals surface area contributed by atoms with Gasteiger partial charge in [0.25, 0.3) is 0 Å². The van der Waals surface area contributed by atoms with Gasteiger partial charge < -0.3 is 15.4 Å². The van der Waals surface area contributed by atoms with Crippen molar-refractivity contribution in [3.63, 3.8) is 0 Å². The zero-order valence-corrected chi connectivity index (χ0v) is 13.3.